The molecule has 18 heavy (non-hydrogen) atoms. The Labute approximate surface area is 109 Å². The number of rotatable bonds is 7. The van der Waals surface area contributed by atoms with Crippen LogP contribution in [0.4, 0.5) is 0 Å². The van der Waals surface area contributed by atoms with Gasteiger partial charge in [-0.15, -0.1) is 0 Å². The van der Waals surface area contributed by atoms with Crippen LogP contribution in [0.3, 0.4) is 0 Å². The summed E-state index contributed by atoms with van der Waals surface area (Å²) in [7, 11) is 0. The average Bonchev–Trinajstić information content (AvgIpc) is 2.33. The van der Waals surface area contributed by atoms with Crippen LogP contribution in [0.2, 0.25) is 0 Å². The minimum atomic E-state index is 0.230. The maximum atomic E-state index is 12.2. The molecule has 0 amide bonds. The quantitative estimate of drug-likeness (QED) is 0.538. The molecule has 1 aromatic carbocycles. The van der Waals surface area contributed by atoms with Gasteiger partial charge in [0.1, 0.15) is 0 Å². The predicted octanol–water partition coefficient (Wildman–Crippen LogP) is 3.95. The van der Waals surface area contributed by atoms with Crippen molar-refractivity contribution in [3.63, 3.8) is 0 Å². The largest absolute Gasteiger partial charge is 0.381 e. The van der Waals surface area contributed by atoms with Gasteiger partial charge in [-0.25, -0.2) is 0 Å². The fourth-order valence-electron chi connectivity index (χ4n) is 2.37. The van der Waals surface area contributed by atoms with E-state index >= 15 is 0 Å². The van der Waals surface area contributed by atoms with E-state index < -0.39 is 0 Å². The van der Waals surface area contributed by atoms with E-state index in [-0.39, 0.29) is 5.78 Å². The second-order valence-electron chi connectivity index (χ2n) is 5.00. The van der Waals surface area contributed by atoms with Crippen LogP contribution in [-0.2, 0) is 4.74 Å². The highest BCUT2D eigenvalue weighted by molar-refractivity contribution is 5.97. The first-order valence-corrected chi connectivity index (χ1v) is 7.02. The van der Waals surface area contributed by atoms with E-state index in [0.29, 0.717) is 18.9 Å². The van der Waals surface area contributed by atoms with Crippen molar-refractivity contribution < 1.29 is 9.53 Å². The molecule has 1 aliphatic rings. The standard InChI is InChI=1S/C16H22O2/c1-2-11-18-12-10-16(17)15-9-4-3-8-14(15)13-6-5-7-13/h3-4,8-9,13H,2,5-7,10-12H2,1H3. The van der Waals surface area contributed by atoms with Crippen LogP contribution < -0.4 is 0 Å². The summed E-state index contributed by atoms with van der Waals surface area (Å²) in [5.41, 5.74) is 2.17. The van der Waals surface area contributed by atoms with Gasteiger partial charge in [-0.3, -0.25) is 4.79 Å². The third-order valence-electron chi connectivity index (χ3n) is 3.63. The fourth-order valence-corrected chi connectivity index (χ4v) is 2.37. The van der Waals surface area contributed by atoms with E-state index in [1.165, 1.54) is 24.8 Å². The highest BCUT2D eigenvalue weighted by Gasteiger charge is 2.23. The van der Waals surface area contributed by atoms with Crippen LogP contribution in [0.15, 0.2) is 24.3 Å². The Bertz CT molecular complexity index is 394. The molecular weight excluding hydrogens is 224 g/mol. The summed E-state index contributed by atoms with van der Waals surface area (Å²) in [6.07, 6.45) is 5.27. The van der Waals surface area contributed by atoms with Crippen molar-refractivity contribution in [3.05, 3.63) is 35.4 Å². The number of ether oxygens (including phenoxy) is 1. The van der Waals surface area contributed by atoms with Gasteiger partial charge in [0.15, 0.2) is 5.78 Å². The number of hydrogen-bond donors (Lipinski definition) is 0. The van der Waals surface area contributed by atoms with Gasteiger partial charge < -0.3 is 4.74 Å². The van der Waals surface area contributed by atoms with Crippen molar-refractivity contribution in [2.24, 2.45) is 0 Å². The first-order valence-electron chi connectivity index (χ1n) is 7.02. The zero-order valence-electron chi connectivity index (χ0n) is 11.2. The summed E-state index contributed by atoms with van der Waals surface area (Å²) in [4.78, 5) is 12.2. The van der Waals surface area contributed by atoms with E-state index in [1.54, 1.807) is 0 Å². The lowest BCUT2D eigenvalue weighted by atomic mass is 9.77. The van der Waals surface area contributed by atoms with Crippen LogP contribution in [0.1, 0.15) is 60.9 Å². The average molecular weight is 246 g/mol. The molecule has 1 saturated carbocycles. The molecule has 0 saturated heterocycles. The van der Waals surface area contributed by atoms with Crippen LogP contribution in [-0.4, -0.2) is 19.0 Å². The summed E-state index contributed by atoms with van der Waals surface area (Å²) < 4.78 is 5.39. The highest BCUT2D eigenvalue weighted by atomic mass is 16.5. The van der Waals surface area contributed by atoms with Crippen molar-refractivity contribution in [2.75, 3.05) is 13.2 Å². The maximum absolute atomic E-state index is 12.2. The van der Waals surface area contributed by atoms with E-state index in [9.17, 15) is 4.79 Å². The Morgan fingerprint density at radius 2 is 2.06 bits per heavy atom. The third kappa shape index (κ3) is 3.20. The molecular formula is C16H22O2. The summed E-state index contributed by atoms with van der Waals surface area (Å²) in [6, 6.07) is 8.08. The molecule has 0 bridgehead atoms. The first kappa shape index (κ1) is 13.3. The van der Waals surface area contributed by atoms with Gasteiger partial charge in [0, 0.05) is 18.6 Å². The van der Waals surface area contributed by atoms with Crippen LogP contribution >= 0.6 is 0 Å². The van der Waals surface area contributed by atoms with E-state index in [2.05, 4.69) is 13.0 Å². The number of carbonyl (C=O) groups excluding carboxylic acids is 1. The molecule has 0 radical (unpaired) electrons. The maximum Gasteiger partial charge on any atom is 0.165 e. The van der Waals surface area contributed by atoms with Crippen molar-refractivity contribution >= 4 is 5.78 Å². The second-order valence-corrected chi connectivity index (χ2v) is 5.00. The molecule has 0 aliphatic heterocycles. The van der Waals surface area contributed by atoms with E-state index in [0.717, 1.165) is 18.6 Å². The molecule has 0 heterocycles. The number of hydrogen-bond acceptors (Lipinski definition) is 2. The van der Waals surface area contributed by atoms with Gasteiger partial charge in [-0.2, -0.15) is 0 Å². The van der Waals surface area contributed by atoms with Crippen LogP contribution in [0.5, 0.6) is 0 Å². The minimum Gasteiger partial charge on any atom is -0.381 e. The Kier molecular flexibility index (Phi) is 4.94. The lowest BCUT2D eigenvalue weighted by molar-refractivity contribution is 0.0877. The molecule has 0 spiro atoms. The number of ketones is 1. The topological polar surface area (TPSA) is 26.3 Å². The normalized spacial score (nSPS) is 15.4. The molecule has 1 aliphatic carbocycles. The minimum absolute atomic E-state index is 0.230. The molecule has 2 heteroatoms. The van der Waals surface area contributed by atoms with E-state index in [4.69, 9.17) is 4.74 Å². The summed E-state index contributed by atoms with van der Waals surface area (Å²) >= 11 is 0. The van der Waals surface area contributed by atoms with Crippen molar-refractivity contribution in [2.45, 2.75) is 44.9 Å². The molecule has 0 N–H and O–H groups in total. The smallest absolute Gasteiger partial charge is 0.165 e. The number of carbonyl (C=O) groups is 1. The van der Waals surface area contributed by atoms with Crippen LogP contribution in [0, 0.1) is 0 Å². The van der Waals surface area contributed by atoms with Crippen LogP contribution in [0.25, 0.3) is 0 Å². The molecule has 0 atom stereocenters. The zero-order valence-corrected chi connectivity index (χ0v) is 11.2. The van der Waals surface area contributed by atoms with Crippen molar-refractivity contribution in [1.82, 2.24) is 0 Å². The summed E-state index contributed by atoms with van der Waals surface area (Å²) in [5, 5.41) is 0. The first-order chi connectivity index (χ1) is 8.83. The molecule has 2 rings (SSSR count). The Morgan fingerprint density at radius 3 is 2.72 bits per heavy atom. The van der Waals surface area contributed by atoms with Gasteiger partial charge in [0.25, 0.3) is 0 Å². The molecule has 1 aromatic rings. The Hall–Kier alpha value is -1.15. The van der Waals surface area contributed by atoms with E-state index in [1.807, 2.05) is 18.2 Å². The van der Waals surface area contributed by atoms with Gasteiger partial charge in [-0.05, 0) is 30.7 Å². The van der Waals surface area contributed by atoms with Gasteiger partial charge in [0.2, 0.25) is 0 Å². The SMILES string of the molecule is CCCOCCC(=O)c1ccccc1C1CCC1. The van der Waals surface area contributed by atoms with Gasteiger partial charge >= 0.3 is 0 Å². The van der Waals surface area contributed by atoms with Gasteiger partial charge in [-0.1, -0.05) is 37.6 Å². The molecule has 0 unspecified atom stereocenters. The third-order valence-corrected chi connectivity index (χ3v) is 3.63. The second kappa shape index (κ2) is 6.69. The molecule has 98 valence electrons. The Morgan fingerprint density at radius 1 is 1.28 bits per heavy atom. The highest BCUT2D eigenvalue weighted by Crippen LogP contribution is 2.38. The monoisotopic (exact) mass is 246 g/mol. The fraction of sp³-hybridized carbons (Fsp3) is 0.562. The Balaban J connectivity index is 1.96. The number of benzene rings is 1. The van der Waals surface area contributed by atoms with Crippen molar-refractivity contribution in [1.29, 1.82) is 0 Å². The zero-order chi connectivity index (χ0) is 12.8. The summed E-state index contributed by atoms with van der Waals surface area (Å²) in [5.74, 6) is 0.843. The number of Topliss-reactive ketones (excluding diaryl/α,β-unsaturated/α-hetero) is 1. The van der Waals surface area contributed by atoms with Crippen molar-refractivity contribution in [3.8, 4) is 0 Å². The van der Waals surface area contributed by atoms with Gasteiger partial charge in [0.05, 0.1) is 6.61 Å². The molecule has 1 fully saturated rings. The predicted molar refractivity (Wildman–Crippen MR) is 73.1 cm³/mol. The summed E-state index contributed by atoms with van der Waals surface area (Å²) in [6.45, 7) is 3.37. The lowest BCUT2D eigenvalue weighted by Gasteiger charge is -2.27. The lowest BCUT2D eigenvalue weighted by Crippen LogP contribution is -2.14. The molecule has 0 aromatic heterocycles. The molecule has 2 nitrogen and oxygen atoms in total.